The quantitative estimate of drug-likeness (QED) is 0.804. The fourth-order valence-corrected chi connectivity index (χ4v) is 2.61. The molecule has 1 aliphatic rings. The minimum atomic E-state index is 0.614. The molecule has 94 valence electrons. The van der Waals surface area contributed by atoms with Crippen LogP contribution in [-0.4, -0.2) is 36.8 Å². The van der Waals surface area contributed by atoms with Crippen LogP contribution in [-0.2, 0) is 4.74 Å². The summed E-state index contributed by atoms with van der Waals surface area (Å²) in [6.45, 7) is 4.68. The van der Waals surface area contributed by atoms with Gasteiger partial charge in [-0.1, -0.05) is 0 Å². The number of hydrogen-bond acceptors (Lipinski definition) is 4. The van der Waals surface area contributed by atoms with Gasteiger partial charge in [0.15, 0.2) is 0 Å². The van der Waals surface area contributed by atoms with E-state index in [9.17, 15) is 0 Å². The van der Waals surface area contributed by atoms with Crippen LogP contribution in [0.25, 0.3) is 0 Å². The van der Waals surface area contributed by atoms with Gasteiger partial charge in [0.05, 0.1) is 6.61 Å². The zero-order chi connectivity index (χ0) is 12.3. The molecule has 1 unspecified atom stereocenters. The van der Waals surface area contributed by atoms with Crippen molar-refractivity contribution in [2.45, 2.75) is 19.8 Å². The molecule has 1 fully saturated rings. The van der Waals surface area contributed by atoms with E-state index in [1.54, 1.807) is 0 Å². The lowest BCUT2D eigenvalue weighted by atomic mass is 10.0. The van der Waals surface area contributed by atoms with Gasteiger partial charge in [-0.05, 0) is 41.6 Å². The van der Waals surface area contributed by atoms with E-state index >= 15 is 0 Å². The Morgan fingerprint density at radius 3 is 3.00 bits per heavy atom. The van der Waals surface area contributed by atoms with Gasteiger partial charge in [-0.2, -0.15) is 0 Å². The molecule has 0 N–H and O–H groups in total. The Bertz CT molecular complexity index is 360. The first-order valence-electron chi connectivity index (χ1n) is 5.95. The van der Waals surface area contributed by atoms with E-state index < -0.39 is 0 Å². The van der Waals surface area contributed by atoms with E-state index in [1.165, 1.54) is 12.8 Å². The van der Waals surface area contributed by atoms with Gasteiger partial charge in [0.25, 0.3) is 0 Å². The van der Waals surface area contributed by atoms with Crippen molar-refractivity contribution in [1.29, 1.82) is 0 Å². The van der Waals surface area contributed by atoms with Gasteiger partial charge in [0.2, 0.25) is 0 Å². The SMILES string of the molecule is Cc1nc(Br)cc(N(C)CC2CCCOC2)n1. The summed E-state index contributed by atoms with van der Waals surface area (Å²) in [4.78, 5) is 10.8. The van der Waals surface area contributed by atoms with Crippen molar-refractivity contribution in [3.8, 4) is 0 Å². The summed E-state index contributed by atoms with van der Waals surface area (Å²) in [6, 6.07) is 1.96. The Hall–Kier alpha value is -0.680. The van der Waals surface area contributed by atoms with Gasteiger partial charge in [0.1, 0.15) is 16.2 Å². The average molecular weight is 300 g/mol. The minimum absolute atomic E-state index is 0.614. The summed E-state index contributed by atoms with van der Waals surface area (Å²) in [5.74, 6) is 2.37. The number of aromatic nitrogens is 2. The number of hydrogen-bond donors (Lipinski definition) is 0. The van der Waals surface area contributed by atoms with Gasteiger partial charge in [-0.15, -0.1) is 0 Å². The second-order valence-corrected chi connectivity index (χ2v) is 5.37. The Balaban J connectivity index is 2.00. The van der Waals surface area contributed by atoms with Crippen molar-refractivity contribution in [1.82, 2.24) is 9.97 Å². The van der Waals surface area contributed by atoms with E-state index in [0.717, 1.165) is 36.0 Å². The number of nitrogens with zero attached hydrogens (tertiary/aromatic N) is 3. The first kappa shape index (κ1) is 12.8. The maximum atomic E-state index is 5.50. The van der Waals surface area contributed by atoms with Crippen molar-refractivity contribution in [2.75, 3.05) is 31.7 Å². The highest BCUT2D eigenvalue weighted by Crippen LogP contribution is 2.19. The molecule has 5 heteroatoms. The average Bonchev–Trinajstić information content (AvgIpc) is 2.29. The molecule has 2 heterocycles. The third-order valence-corrected chi connectivity index (χ3v) is 3.38. The van der Waals surface area contributed by atoms with E-state index in [-0.39, 0.29) is 0 Å². The molecular weight excluding hydrogens is 282 g/mol. The van der Waals surface area contributed by atoms with Crippen molar-refractivity contribution < 1.29 is 4.74 Å². The molecule has 0 amide bonds. The van der Waals surface area contributed by atoms with Crippen LogP contribution >= 0.6 is 15.9 Å². The Morgan fingerprint density at radius 1 is 1.53 bits per heavy atom. The van der Waals surface area contributed by atoms with Crippen LogP contribution in [0.5, 0.6) is 0 Å². The summed E-state index contributed by atoms with van der Waals surface area (Å²) in [5, 5.41) is 0. The molecule has 1 aliphatic heterocycles. The summed E-state index contributed by atoms with van der Waals surface area (Å²) in [5.41, 5.74) is 0. The lowest BCUT2D eigenvalue weighted by molar-refractivity contribution is 0.0576. The lowest BCUT2D eigenvalue weighted by Gasteiger charge is -2.27. The van der Waals surface area contributed by atoms with Gasteiger partial charge in [0, 0.05) is 26.3 Å². The van der Waals surface area contributed by atoms with Crippen LogP contribution in [0.1, 0.15) is 18.7 Å². The van der Waals surface area contributed by atoms with Crippen LogP contribution in [0, 0.1) is 12.8 Å². The van der Waals surface area contributed by atoms with Crippen LogP contribution in [0.2, 0.25) is 0 Å². The maximum absolute atomic E-state index is 5.50. The molecule has 1 aromatic rings. The predicted octanol–water partition coefficient (Wildman–Crippen LogP) is 2.41. The smallest absolute Gasteiger partial charge is 0.133 e. The van der Waals surface area contributed by atoms with E-state index in [1.807, 2.05) is 13.0 Å². The molecule has 0 aromatic carbocycles. The molecule has 0 saturated carbocycles. The minimum Gasteiger partial charge on any atom is -0.381 e. The number of ether oxygens (including phenoxy) is 1. The van der Waals surface area contributed by atoms with E-state index in [4.69, 9.17) is 4.74 Å². The summed E-state index contributed by atoms with van der Waals surface area (Å²) in [7, 11) is 2.07. The molecule has 0 radical (unpaired) electrons. The lowest BCUT2D eigenvalue weighted by Crippen LogP contribution is -2.31. The third-order valence-electron chi connectivity index (χ3n) is 2.97. The van der Waals surface area contributed by atoms with Crippen LogP contribution < -0.4 is 4.90 Å². The monoisotopic (exact) mass is 299 g/mol. The zero-order valence-electron chi connectivity index (χ0n) is 10.3. The summed E-state index contributed by atoms with van der Waals surface area (Å²) < 4.78 is 6.34. The van der Waals surface area contributed by atoms with Crippen LogP contribution in [0.3, 0.4) is 0 Å². The third kappa shape index (κ3) is 3.64. The first-order chi connectivity index (χ1) is 8.15. The van der Waals surface area contributed by atoms with Crippen LogP contribution in [0.15, 0.2) is 10.7 Å². The fourth-order valence-electron chi connectivity index (χ4n) is 2.14. The number of rotatable bonds is 3. The van der Waals surface area contributed by atoms with Crippen molar-refractivity contribution >= 4 is 21.7 Å². The van der Waals surface area contributed by atoms with E-state index in [2.05, 4.69) is 37.8 Å². The topological polar surface area (TPSA) is 38.2 Å². The highest BCUT2D eigenvalue weighted by atomic mass is 79.9. The molecule has 1 saturated heterocycles. The molecule has 4 nitrogen and oxygen atoms in total. The highest BCUT2D eigenvalue weighted by Gasteiger charge is 2.17. The number of aryl methyl sites for hydroxylation is 1. The molecule has 17 heavy (non-hydrogen) atoms. The van der Waals surface area contributed by atoms with Crippen molar-refractivity contribution in [3.05, 3.63) is 16.5 Å². The Labute approximate surface area is 111 Å². The second-order valence-electron chi connectivity index (χ2n) is 4.56. The molecular formula is C12H18BrN3O. The van der Waals surface area contributed by atoms with Gasteiger partial charge in [-0.3, -0.25) is 0 Å². The van der Waals surface area contributed by atoms with Gasteiger partial charge < -0.3 is 9.64 Å². The van der Waals surface area contributed by atoms with Crippen molar-refractivity contribution in [3.63, 3.8) is 0 Å². The molecule has 1 atom stereocenters. The molecule has 0 spiro atoms. The molecule has 0 bridgehead atoms. The van der Waals surface area contributed by atoms with Crippen molar-refractivity contribution in [2.24, 2.45) is 5.92 Å². The van der Waals surface area contributed by atoms with E-state index in [0.29, 0.717) is 5.92 Å². The van der Waals surface area contributed by atoms with Crippen LogP contribution in [0.4, 0.5) is 5.82 Å². The molecule has 2 rings (SSSR count). The summed E-state index contributed by atoms with van der Waals surface area (Å²) in [6.07, 6.45) is 2.42. The van der Waals surface area contributed by atoms with Gasteiger partial charge in [-0.25, -0.2) is 9.97 Å². The number of anilines is 1. The second kappa shape index (κ2) is 5.78. The first-order valence-corrected chi connectivity index (χ1v) is 6.74. The zero-order valence-corrected chi connectivity index (χ0v) is 11.9. The number of halogens is 1. The fraction of sp³-hybridized carbons (Fsp3) is 0.667. The standard InChI is InChI=1S/C12H18BrN3O/c1-9-14-11(13)6-12(15-9)16(2)7-10-4-3-5-17-8-10/h6,10H,3-5,7-8H2,1-2H3. The predicted molar refractivity (Wildman–Crippen MR) is 71.3 cm³/mol. The Morgan fingerprint density at radius 2 is 2.35 bits per heavy atom. The Kier molecular flexibility index (Phi) is 4.34. The summed E-state index contributed by atoms with van der Waals surface area (Å²) >= 11 is 3.40. The normalized spacial score (nSPS) is 20.3. The maximum Gasteiger partial charge on any atom is 0.133 e. The molecule has 1 aromatic heterocycles. The molecule has 0 aliphatic carbocycles. The highest BCUT2D eigenvalue weighted by molar-refractivity contribution is 9.10. The largest absolute Gasteiger partial charge is 0.381 e. The van der Waals surface area contributed by atoms with Gasteiger partial charge >= 0.3 is 0 Å².